The summed E-state index contributed by atoms with van der Waals surface area (Å²) in [5.74, 6) is 0.837. The van der Waals surface area contributed by atoms with Gasteiger partial charge in [-0.3, -0.25) is 4.79 Å². The molecule has 1 heterocycles. The topological polar surface area (TPSA) is 52.5 Å². The second-order valence-corrected chi connectivity index (χ2v) is 6.65. The lowest BCUT2D eigenvalue weighted by Gasteiger charge is -2.16. The van der Waals surface area contributed by atoms with Gasteiger partial charge in [0, 0.05) is 24.7 Å². The second kappa shape index (κ2) is 10.1. The first-order valence-electron chi connectivity index (χ1n) is 9.71. The average molecular weight is 360 g/mol. The van der Waals surface area contributed by atoms with Gasteiger partial charge in [0.15, 0.2) is 5.75 Å². The van der Waals surface area contributed by atoms with Gasteiger partial charge in [-0.25, -0.2) is 0 Å². The van der Waals surface area contributed by atoms with Gasteiger partial charge in [-0.1, -0.05) is 39.5 Å². The Morgan fingerprint density at radius 3 is 2.50 bits per heavy atom. The van der Waals surface area contributed by atoms with Crippen molar-refractivity contribution < 1.29 is 9.47 Å². The van der Waals surface area contributed by atoms with Gasteiger partial charge in [0.2, 0.25) is 5.75 Å². The van der Waals surface area contributed by atoms with E-state index in [1.807, 2.05) is 18.2 Å². The van der Waals surface area contributed by atoms with Crippen LogP contribution in [0.4, 0.5) is 5.69 Å². The van der Waals surface area contributed by atoms with Crippen molar-refractivity contribution in [3.05, 3.63) is 28.6 Å². The van der Waals surface area contributed by atoms with Crippen LogP contribution in [-0.2, 0) is 7.05 Å². The van der Waals surface area contributed by atoms with Gasteiger partial charge in [0.05, 0.1) is 19.2 Å². The van der Waals surface area contributed by atoms with Crippen LogP contribution in [0.1, 0.15) is 52.4 Å². The van der Waals surface area contributed by atoms with Crippen LogP contribution in [0.3, 0.4) is 0 Å². The monoisotopic (exact) mass is 360 g/mol. The molecular formula is C21H32N2O3. The van der Waals surface area contributed by atoms with E-state index in [0.29, 0.717) is 12.4 Å². The molecule has 5 heteroatoms. The van der Waals surface area contributed by atoms with Crippen LogP contribution >= 0.6 is 0 Å². The molecule has 0 unspecified atom stereocenters. The first-order valence-corrected chi connectivity index (χ1v) is 9.71. The van der Waals surface area contributed by atoms with E-state index in [1.165, 1.54) is 20.0 Å². The first-order chi connectivity index (χ1) is 12.6. The summed E-state index contributed by atoms with van der Waals surface area (Å²) in [7, 11) is 3.29. The first kappa shape index (κ1) is 20.1. The van der Waals surface area contributed by atoms with Crippen molar-refractivity contribution >= 4 is 16.6 Å². The van der Waals surface area contributed by atoms with Crippen LogP contribution in [0.2, 0.25) is 0 Å². The van der Waals surface area contributed by atoms with Crippen LogP contribution in [0, 0.1) is 0 Å². The van der Waals surface area contributed by atoms with E-state index >= 15 is 0 Å². The Labute approximate surface area is 156 Å². The van der Waals surface area contributed by atoms with Crippen molar-refractivity contribution in [1.29, 1.82) is 0 Å². The molecule has 26 heavy (non-hydrogen) atoms. The Morgan fingerprint density at radius 1 is 1.04 bits per heavy atom. The molecule has 2 aromatic rings. The molecule has 0 aliphatic carbocycles. The predicted molar refractivity (Wildman–Crippen MR) is 109 cm³/mol. The number of pyridine rings is 1. The molecule has 0 saturated heterocycles. The average Bonchev–Trinajstić information content (AvgIpc) is 2.65. The molecule has 2 rings (SSSR count). The number of methoxy groups -OCH3 is 1. The van der Waals surface area contributed by atoms with E-state index in [1.54, 1.807) is 11.6 Å². The van der Waals surface area contributed by atoms with Gasteiger partial charge in [0.25, 0.3) is 5.56 Å². The SMILES string of the molecule is CCCCCCOc1c(OC)c(=O)n(C)c2cc(NCCCC)ccc12. The zero-order valence-electron chi connectivity index (χ0n) is 16.6. The lowest BCUT2D eigenvalue weighted by Crippen LogP contribution is -2.20. The number of unbranched alkanes of at least 4 members (excludes halogenated alkanes) is 4. The van der Waals surface area contributed by atoms with Crippen molar-refractivity contribution in [2.75, 3.05) is 25.6 Å². The minimum Gasteiger partial charge on any atom is -0.489 e. The minimum absolute atomic E-state index is 0.172. The molecule has 0 fully saturated rings. The molecule has 1 aromatic carbocycles. The van der Waals surface area contributed by atoms with Gasteiger partial charge in [-0.2, -0.15) is 0 Å². The zero-order valence-corrected chi connectivity index (χ0v) is 16.6. The fourth-order valence-electron chi connectivity index (χ4n) is 3.03. The third-order valence-electron chi connectivity index (χ3n) is 4.62. The summed E-state index contributed by atoms with van der Waals surface area (Å²) >= 11 is 0. The Balaban J connectivity index is 2.35. The Morgan fingerprint density at radius 2 is 1.81 bits per heavy atom. The van der Waals surface area contributed by atoms with E-state index < -0.39 is 0 Å². The maximum absolute atomic E-state index is 12.7. The highest BCUT2D eigenvalue weighted by Crippen LogP contribution is 2.33. The standard InChI is InChI=1S/C21H32N2O3/c1-5-7-9-10-14-26-19-17-12-11-16(22-13-8-6-2)15-18(17)23(3)21(24)20(19)25-4/h11-12,15,22H,5-10,13-14H2,1-4H3. The maximum Gasteiger partial charge on any atom is 0.297 e. The Bertz CT molecular complexity index is 768. The molecule has 0 aliphatic heterocycles. The highest BCUT2D eigenvalue weighted by molar-refractivity contribution is 5.90. The largest absolute Gasteiger partial charge is 0.489 e. The molecule has 144 valence electrons. The molecule has 0 amide bonds. The molecule has 5 nitrogen and oxygen atoms in total. The number of fused-ring (bicyclic) bond motifs is 1. The number of aryl methyl sites for hydroxylation is 1. The third-order valence-corrected chi connectivity index (χ3v) is 4.62. The Kier molecular flexibility index (Phi) is 7.82. The highest BCUT2D eigenvalue weighted by atomic mass is 16.5. The third kappa shape index (κ3) is 4.71. The van der Waals surface area contributed by atoms with Crippen LogP contribution in [0.15, 0.2) is 23.0 Å². The predicted octanol–water partition coefficient (Wildman–Crippen LogP) is 4.72. The van der Waals surface area contributed by atoms with Gasteiger partial charge in [0.1, 0.15) is 0 Å². The van der Waals surface area contributed by atoms with Gasteiger partial charge in [-0.15, -0.1) is 0 Å². The molecule has 0 saturated carbocycles. The maximum atomic E-state index is 12.7. The molecule has 0 aliphatic rings. The van der Waals surface area contributed by atoms with E-state index in [4.69, 9.17) is 9.47 Å². The second-order valence-electron chi connectivity index (χ2n) is 6.65. The van der Waals surface area contributed by atoms with Crippen LogP contribution in [0.5, 0.6) is 11.5 Å². The number of benzene rings is 1. The van der Waals surface area contributed by atoms with Crippen molar-refractivity contribution in [3.8, 4) is 11.5 Å². The van der Waals surface area contributed by atoms with E-state index in [2.05, 4.69) is 19.2 Å². The molecule has 0 radical (unpaired) electrons. The zero-order chi connectivity index (χ0) is 18.9. The van der Waals surface area contributed by atoms with Gasteiger partial charge < -0.3 is 19.4 Å². The molecular weight excluding hydrogens is 328 g/mol. The number of anilines is 1. The molecule has 1 N–H and O–H groups in total. The smallest absolute Gasteiger partial charge is 0.297 e. The van der Waals surface area contributed by atoms with Crippen LogP contribution in [0.25, 0.3) is 10.9 Å². The molecule has 0 spiro atoms. The summed E-state index contributed by atoms with van der Waals surface area (Å²) in [6, 6.07) is 6.05. The number of nitrogens with one attached hydrogen (secondary N) is 1. The summed E-state index contributed by atoms with van der Waals surface area (Å²) in [5.41, 5.74) is 1.69. The van der Waals surface area contributed by atoms with E-state index in [-0.39, 0.29) is 11.3 Å². The molecule has 0 atom stereocenters. The van der Waals surface area contributed by atoms with Crippen molar-refractivity contribution in [3.63, 3.8) is 0 Å². The lowest BCUT2D eigenvalue weighted by molar-refractivity contribution is 0.286. The number of rotatable bonds is 11. The number of ether oxygens (including phenoxy) is 2. The van der Waals surface area contributed by atoms with Crippen molar-refractivity contribution in [2.45, 2.75) is 52.4 Å². The highest BCUT2D eigenvalue weighted by Gasteiger charge is 2.17. The summed E-state index contributed by atoms with van der Waals surface area (Å²) in [4.78, 5) is 12.7. The van der Waals surface area contributed by atoms with Crippen molar-refractivity contribution in [1.82, 2.24) is 4.57 Å². The molecule has 0 bridgehead atoms. The van der Waals surface area contributed by atoms with Crippen LogP contribution in [-0.4, -0.2) is 24.8 Å². The van der Waals surface area contributed by atoms with Crippen molar-refractivity contribution in [2.24, 2.45) is 7.05 Å². The van der Waals surface area contributed by atoms with E-state index in [9.17, 15) is 4.79 Å². The number of nitrogens with zero attached hydrogens (tertiary/aromatic N) is 1. The lowest BCUT2D eigenvalue weighted by atomic mass is 10.1. The minimum atomic E-state index is -0.172. The number of hydrogen-bond donors (Lipinski definition) is 1. The summed E-state index contributed by atoms with van der Waals surface area (Å²) < 4.78 is 13.0. The van der Waals surface area contributed by atoms with Gasteiger partial charge in [-0.05, 0) is 31.0 Å². The number of hydrogen-bond acceptors (Lipinski definition) is 4. The number of aromatic nitrogens is 1. The fraction of sp³-hybridized carbons (Fsp3) is 0.571. The van der Waals surface area contributed by atoms with Crippen LogP contribution < -0.4 is 20.3 Å². The summed E-state index contributed by atoms with van der Waals surface area (Å²) in [6.07, 6.45) is 6.76. The normalized spacial score (nSPS) is 10.9. The quantitative estimate of drug-likeness (QED) is 0.589. The Hall–Kier alpha value is -2.17. The van der Waals surface area contributed by atoms with E-state index in [0.717, 1.165) is 48.8 Å². The summed E-state index contributed by atoms with van der Waals surface area (Å²) in [5, 5.41) is 4.31. The summed E-state index contributed by atoms with van der Waals surface area (Å²) in [6.45, 7) is 5.87. The molecule has 1 aromatic heterocycles. The van der Waals surface area contributed by atoms with Gasteiger partial charge >= 0.3 is 0 Å². The fourth-order valence-corrected chi connectivity index (χ4v) is 3.03.